The molecule has 0 unspecified atom stereocenters. The van der Waals surface area contributed by atoms with Gasteiger partial charge in [0.05, 0.1) is 22.4 Å². The Kier molecular flexibility index (Phi) is 5.88. The first-order valence-electron chi connectivity index (χ1n) is 8.72. The topological polar surface area (TPSA) is 71.8 Å². The minimum atomic E-state index is -0.388. The Balaban J connectivity index is 1.65. The number of aromatic nitrogens is 3. The van der Waals surface area contributed by atoms with E-state index in [0.29, 0.717) is 17.4 Å². The number of rotatable bonds is 6. The van der Waals surface area contributed by atoms with Gasteiger partial charge in [-0.25, -0.2) is 9.67 Å². The van der Waals surface area contributed by atoms with Crippen LogP contribution in [0.4, 0.5) is 5.82 Å². The van der Waals surface area contributed by atoms with Crippen LogP contribution in [0.3, 0.4) is 0 Å². The largest absolute Gasteiger partial charge is 0.309 e. The highest BCUT2D eigenvalue weighted by molar-refractivity contribution is 6.30. The Morgan fingerprint density at radius 2 is 1.93 bits per heavy atom. The molecule has 3 rings (SSSR count). The van der Waals surface area contributed by atoms with Gasteiger partial charge in [-0.1, -0.05) is 29.8 Å². The number of nitrogens with one attached hydrogen (secondary N) is 2. The average molecular weight is 384 g/mol. The fourth-order valence-electron chi connectivity index (χ4n) is 2.78. The van der Waals surface area contributed by atoms with E-state index in [-0.39, 0.29) is 11.9 Å². The molecule has 0 aliphatic heterocycles. The second-order valence-electron chi connectivity index (χ2n) is 6.35. The highest BCUT2D eigenvalue weighted by Crippen LogP contribution is 2.18. The molecule has 0 fully saturated rings. The van der Waals surface area contributed by atoms with E-state index in [2.05, 4.69) is 20.7 Å². The SMILES string of the molecule is Cc1nn(-c2ccccc2)c(C)c1CN[C@@H](C)C(=O)Nc1ccc(Cl)cn1. The monoisotopic (exact) mass is 383 g/mol. The van der Waals surface area contributed by atoms with Crippen LogP contribution in [0.5, 0.6) is 0 Å². The predicted octanol–water partition coefficient (Wildman–Crippen LogP) is 3.65. The van der Waals surface area contributed by atoms with Crippen molar-refractivity contribution in [2.75, 3.05) is 5.32 Å². The first kappa shape index (κ1) is 19.1. The summed E-state index contributed by atoms with van der Waals surface area (Å²) in [6.07, 6.45) is 1.50. The molecule has 0 aliphatic carbocycles. The number of nitrogens with zero attached hydrogens (tertiary/aromatic N) is 3. The van der Waals surface area contributed by atoms with Crippen LogP contribution in [0.25, 0.3) is 5.69 Å². The average Bonchev–Trinajstić information content (AvgIpc) is 2.96. The van der Waals surface area contributed by atoms with Crippen molar-refractivity contribution < 1.29 is 4.79 Å². The molecule has 1 amide bonds. The van der Waals surface area contributed by atoms with Crippen LogP contribution >= 0.6 is 11.6 Å². The summed E-state index contributed by atoms with van der Waals surface area (Å²) < 4.78 is 1.93. The molecule has 1 aromatic carbocycles. The van der Waals surface area contributed by atoms with Crippen molar-refractivity contribution in [2.24, 2.45) is 0 Å². The molecule has 0 saturated carbocycles. The molecule has 1 atom stereocenters. The number of para-hydroxylation sites is 1. The molecular formula is C20H22ClN5O. The molecule has 0 aliphatic rings. The minimum absolute atomic E-state index is 0.157. The Labute approximate surface area is 163 Å². The van der Waals surface area contributed by atoms with Crippen LogP contribution in [0.2, 0.25) is 5.02 Å². The normalized spacial score (nSPS) is 12.0. The van der Waals surface area contributed by atoms with Gasteiger partial charge in [-0.05, 0) is 45.0 Å². The second kappa shape index (κ2) is 8.33. The van der Waals surface area contributed by atoms with Crippen molar-refractivity contribution >= 4 is 23.3 Å². The maximum Gasteiger partial charge on any atom is 0.242 e. The summed E-state index contributed by atoms with van der Waals surface area (Å²) in [5, 5.41) is 11.2. The van der Waals surface area contributed by atoms with Crippen molar-refractivity contribution in [3.8, 4) is 5.69 Å². The molecule has 2 heterocycles. The fraction of sp³-hybridized carbons (Fsp3) is 0.250. The van der Waals surface area contributed by atoms with E-state index in [1.54, 1.807) is 12.1 Å². The Bertz CT molecular complexity index is 922. The maximum atomic E-state index is 12.3. The van der Waals surface area contributed by atoms with Crippen molar-refractivity contribution in [1.29, 1.82) is 0 Å². The predicted molar refractivity (Wildman–Crippen MR) is 107 cm³/mol. The van der Waals surface area contributed by atoms with Gasteiger partial charge in [0.25, 0.3) is 0 Å². The number of anilines is 1. The van der Waals surface area contributed by atoms with Gasteiger partial charge in [-0.15, -0.1) is 0 Å². The van der Waals surface area contributed by atoms with E-state index in [1.165, 1.54) is 6.20 Å². The number of carbonyl (C=O) groups is 1. The smallest absolute Gasteiger partial charge is 0.242 e. The molecule has 140 valence electrons. The molecule has 6 nitrogen and oxygen atoms in total. The summed E-state index contributed by atoms with van der Waals surface area (Å²) >= 11 is 5.81. The van der Waals surface area contributed by atoms with Gasteiger partial charge in [0, 0.05) is 24.0 Å². The van der Waals surface area contributed by atoms with E-state index in [0.717, 1.165) is 22.6 Å². The summed E-state index contributed by atoms with van der Waals surface area (Å²) in [7, 11) is 0. The molecule has 7 heteroatoms. The molecule has 2 aromatic heterocycles. The van der Waals surface area contributed by atoms with Crippen molar-refractivity contribution in [3.05, 3.63) is 70.6 Å². The highest BCUT2D eigenvalue weighted by atomic mass is 35.5. The maximum absolute atomic E-state index is 12.3. The second-order valence-corrected chi connectivity index (χ2v) is 6.79. The number of hydrogen-bond acceptors (Lipinski definition) is 4. The zero-order valence-corrected chi connectivity index (χ0v) is 16.3. The van der Waals surface area contributed by atoms with Crippen LogP contribution in [0.15, 0.2) is 48.7 Å². The zero-order chi connectivity index (χ0) is 19.4. The summed E-state index contributed by atoms with van der Waals surface area (Å²) in [5.41, 5.74) is 4.10. The van der Waals surface area contributed by atoms with E-state index >= 15 is 0 Å². The van der Waals surface area contributed by atoms with Crippen molar-refractivity contribution in [3.63, 3.8) is 0 Å². The Morgan fingerprint density at radius 3 is 2.59 bits per heavy atom. The third-order valence-corrected chi connectivity index (χ3v) is 4.62. The first-order chi connectivity index (χ1) is 13.0. The molecular weight excluding hydrogens is 362 g/mol. The van der Waals surface area contributed by atoms with Crippen molar-refractivity contribution in [2.45, 2.75) is 33.4 Å². The number of halogens is 1. The van der Waals surface area contributed by atoms with E-state index in [4.69, 9.17) is 11.6 Å². The zero-order valence-electron chi connectivity index (χ0n) is 15.5. The van der Waals surface area contributed by atoms with Gasteiger partial charge in [0.2, 0.25) is 5.91 Å². The number of pyridine rings is 1. The molecule has 0 saturated heterocycles. The van der Waals surface area contributed by atoms with E-state index in [1.807, 2.05) is 55.8 Å². The molecule has 2 N–H and O–H groups in total. The summed E-state index contributed by atoms with van der Waals surface area (Å²) in [4.78, 5) is 16.4. The lowest BCUT2D eigenvalue weighted by molar-refractivity contribution is -0.117. The van der Waals surface area contributed by atoms with Crippen molar-refractivity contribution in [1.82, 2.24) is 20.1 Å². The van der Waals surface area contributed by atoms with Crippen LogP contribution in [-0.2, 0) is 11.3 Å². The number of benzene rings is 1. The number of carbonyl (C=O) groups excluding carboxylic acids is 1. The van der Waals surface area contributed by atoms with Gasteiger partial charge < -0.3 is 10.6 Å². The van der Waals surface area contributed by atoms with Gasteiger partial charge in [-0.3, -0.25) is 4.79 Å². The number of hydrogen-bond donors (Lipinski definition) is 2. The van der Waals surface area contributed by atoms with E-state index < -0.39 is 0 Å². The summed E-state index contributed by atoms with van der Waals surface area (Å²) in [5.74, 6) is 0.317. The van der Waals surface area contributed by atoms with Gasteiger partial charge in [0.1, 0.15) is 5.82 Å². The summed E-state index contributed by atoms with van der Waals surface area (Å²) in [6, 6.07) is 13.0. The van der Waals surface area contributed by atoms with Gasteiger partial charge in [0.15, 0.2) is 0 Å². The first-order valence-corrected chi connectivity index (χ1v) is 9.10. The van der Waals surface area contributed by atoms with Crippen LogP contribution in [-0.4, -0.2) is 26.7 Å². The Hall–Kier alpha value is -2.70. The lowest BCUT2D eigenvalue weighted by Gasteiger charge is -2.14. The van der Waals surface area contributed by atoms with Gasteiger partial charge >= 0.3 is 0 Å². The Morgan fingerprint density at radius 1 is 1.19 bits per heavy atom. The third kappa shape index (κ3) is 4.53. The summed E-state index contributed by atoms with van der Waals surface area (Å²) in [6.45, 7) is 6.38. The molecule has 0 radical (unpaired) electrons. The highest BCUT2D eigenvalue weighted by Gasteiger charge is 2.17. The van der Waals surface area contributed by atoms with Crippen LogP contribution < -0.4 is 10.6 Å². The quantitative estimate of drug-likeness (QED) is 0.681. The lowest BCUT2D eigenvalue weighted by Crippen LogP contribution is -2.38. The third-order valence-electron chi connectivity index (χ3n) is 4.40. The number of amides is 1. The van der Waals surface area contributed by atoms with Gasteiger partial charge in [-0.2, -0.15) is 5.10 Å². The number of aryl methyl sites for hydroxylation is 1. The molecule has 0 spiro atoms. The minimum Gasteiger partial charge on any atom is -0.309 e. The fourth-order valence-corrected chi connectivity index (χ4v) is 2.90. The molecule has 3 aromatic rings. The standard InChI is InChI=1S/C20H22ClN5O/c1-13-18(15(3)26(25-13)17-7-5-4-6-8-17)12-22-14(2)20(27)24-19-10-9-16(21)11-23-19/h4-11,14,22H,12H2,1-3H3,(H,23,24,27)/t14-/m0/s1. The molecule has 27 heavy (non-hydrogen) atoms. The lowest BCUT2D eigenvalue weighted by atomic mass is 10.2. The molecule has 0 bridgehead atoms. The van der Waals surface area contributed by atoms with Crippen LogP contribution in [0, 0.1) is 13.8 Å². The van der Waals surface area contributed by atoms with Crippen LogP contribution in [0.1, 0.15) is 23.9 Å². The van der Waals surface area contributed by atoms with E-state index in [9.17, 15) is 4.79 Å².